The van der Waals surface area contributed by atoms with Crippen LogP contribution in [0.1, 0.15) is 45.2 Å². The molecule has 0 saturated heterocycles. The lowest BCUT2D eigenvalue weighted by molar-refractivity contribution is 0.0766. The quantitative estimate of drug-likeness (QED) is 0.510. The molecule has 12 heteroatoms. The van der Waals surface area contributed by atoms with Gasteiger partial charge in [0.2, 0.25) is 0 Å². The van der Waals surface area contributed by atoms with Crippen LogP contribution in [0, 0.1) is 5.82 Å². The van der Waals surface area contributed by atoms with Crippen molar-refractivity contribution in [3.05, 3.63) is 63.5 Å². The molecule has 1 aromatic carbocycles. The zero-order valence-electron chi connectivity index (χ0n) is 16.5. The average Bonchev–Trinajstić information content (AvgIpc) is 3.19. The van der Waals surface area contributed by atoms with E-state index in [0.29, 0.717) is 4.60 Å². The molecule has 1 atom stereocenters. The Labute approximate surface area is 184 Å². The molecule has 0 aliphatic rings. The Bertz CT molecular complexity index is 1140. The number of hydrogen-bond acceptors (Lipinski definition) is 8. The molecular formula is C19H18BrFN6O4. The topological polar surface area (TPSA) is 150 Å². The standard InChI is InChI=1S/C19H18BrFN6O4/c1-9(30-18-16(22)24-7-15(20)25-18)13-5-10(21)3-4-12(13)19(29)27(2)8-11-6-14(17(23)28)26-31-11/h3-7,9H,8H2,1-2H3,(H2,22,24)(H2,23,28)/t9-/m1/s1. The molecule has 0 spiro atoms. The number of ether oxygens (including phenoxy) is 1. The Morgan fingerprint density at radius 1 is 1.35 bits per heavy atom. The summed E-state index contributed by atoms with van der Waals surface area (Å²) in [7, 11) is 1.52. The maximum absolute atomic E-state index is 14.0. The van der Waals surface area contributed by atoms with Gasteiger partial charge in [0.1, 0.15) is 16.5 Å². The molecule has 31 heavy (non-hydrogen) atoms. The van der Waals surface area contributed by atoms with Gasteiger partial charge < -0.3 is 25.6 Å². The van der Waals surface area contributed by atoms with E-state index in [2.05, 4.69) is 31.1 Å². The van der Waals surface area contributed by atoms with Crippen molar-refractivity contribution in [3.8, 4) is 5.88 Å². The molecule has 2 aromatic heterocycles. The number of hydrogen-bond donors (Lipinski definition) is 2. The number of carbonyl (C=O) groups is 2. The van der Waals surface area contributed by atoms with Crippen LogP contribution in [0.3, 0.4) is 0 Å². The highest BCUT2D eigenvalue weighted by molar-refractivity contribution is 9.10. The van der Waals surface area contributed by atoms with Gasteiger partial charge in [-0.25, -0.2) is 14.4 Å². The minimum atomic E-state index is -0.777. The predicted octanol–water partition coefficient (Wildman–Crippen LogP) is 2.46. The zero-order valence-corrected chi connectivity index (χ0v) is 18.1. The summed E-state index contributed by atoms with van der Waals surface area (Å²) in [5.41, 5.74) is 11.4. The number of carbonyl (C=O) groups excluding carboxylic acids is 2. The van der Waals surface area contributed by atoms with Gasteiger partial charge in [0.05, 0.1) is 12.7 Å². The first-order valence-corrected chi connectivity index (χ1v) is 9.70. The third-order valence-corrected chi connectivity index (χ3v) is 4.64. The molecule has 3 aromatic rings. The van der Waals surface area contributed by atoms with Crippen LogP contribution < -0.4 is 16.2 Å². The lowest BCUT2D eigenvalue weighted by Gasteiger charge is -2.21. The average molecular weight is 493 g/mol. The highest BCUT2D eigenvalue weighted by atomic mass is 79.9. The summed E-state index contributed by atoms with van der Waals surface area (Å²) in [5.74, 6) is -1.37. The van der Waals surface area contributed by atoms with E-state index in [1.54, 1.807) is 6.92 Å². The number of benzene rings is 1. The first kappa shape index (κ1) is 22.2. The number of nitrogens with zero attached hydrogens (tertiary/aromatic N) is 4. The van der Waals surface area contributed by atoms with Crippen LogP contribution >= 0.6 is 15.9 Å². The van der Waals surface area contributed by atoms with Crippen molar-refractivity contribution in [2.45, 2.75) is 19.6 Å². The Hall–Kier alpha value is -3.54. The van der Waals surface area contributed by atoms with Gasteiger partial charge in [-0.2, -0.15) is 0 Å². The molecule has 0 saturated carbocycles. The van der Waals surface area contributed by atoms with Gasteiger partial charge in [-0.3, -0.25) is 9.59 Å². The monoisotopic (exact) mass is 492 g/mol. The third-order valence-electron chi connectivity index (χ3n) is 4.26. The molecule has 10 nitrogen and oxygen atoms in total. The van der Waals surface area contributed by atoms with Gasteiger partial charge in [0, 0.05) is 24.2 Å². The molecule has 2 amide bonds. The van der Waals surface area contributed by atoms with Gasteiger partial charge in [-0.05, 0) is 41.1 Å². The number of nitrogen functional groups attached to an aromatic ring is 1. The molecule has 0 bridgehead atoms. The summed E-state index contributed by atoms with van der Waals surface area (Å²) in [6.07, 6.45) is 0.632. The van der Waals surface area contributed by atoms with E-state index in [4.69, 9.17) is 20.7 Å². The fourth-order valence-electron chi connectivity index (χ4n) is 2.76. The fraction of sp³-hybridized carbons (Fsp3) is 0.211. The maximum Gasteiger partial charge on any atom is 0.270 e. The van der Waals surface area contributed by atoms with Crippen molar-refractivity contribution in [1.82, 2.24) is 20.0 Å². The second kappa shape index (κ2) is 9.08. The van der Waals surface area contributed by atoms with E-state index < -0.39 is 23.7 Å². The van der Waals surface area contributed by atoms with Gasteiger partial charge >= 0.3 is 0 Å². The summed E-state index contributed by atoms with van der Waals surface area (Å²) in [6, 6.07) is 5.07. The second-order valence-corrected chi connectivity index (χ2v) is 7.39. The van der Waals surface area contributed by atoms with Crippen LogP contribution in [0.2, 0.25) is 0 Å². The number of nitrogens with two attached hydrogens (primary N) is 2. The molecule has 0 unspecified atom stereocenters. The zero-order chi connectivity index (χ0) is 22.7. The van der Waals surface area contributed by atoms with Crippen LogP contribution in [0.15, 0.2) is 39.6 Å². The van der Waals surface area contributed by atoms with Crippen LogP contribution in [0.5, 0.6) is 5.88 Å². The van der Waals surface area contributed by atoms with Crippen LogP contribution in [-0.4, -0.2) is 38.9 Å². The number of aromatic nitrogens is 3. The summed E-state index contributed by atoms with van der Waals surface area (Å²) in [4.78, 5) is 33.5. The Morgan fingerprint density at radius 2 is 2.10 bits per heavy atom. The molecular weight excluding hydrogens is 475 g/mol. The number of anilines is 1. The Balaban J connectivity index is 1.84. The molecule has 4 N–H and O–H groups in total. The van der Waals surface area contributed by atoms with E-state index in [0.717, 1.165) is 0 Å². The van der Waals surface area contributed by atoms with Crippen molar-refractivity contribution in [3.63, 3.8) is 0 Å². The lowest BCUT2D eigenvalue weighted by atomic mass is 10.0. The number of rotatable bonds is 7. The largest absolute Gasteiger partial charge is 0.467 e. The van der Waals surface area contributed by atoms with Crippen LogP contribution in [0.25, 0.3) is 0 Å². The summed E-state index contributed by atoms with van der Waals surface area (Å²) in [5, 5.41) is 3.53. The van der Waals surface area contributed by atoms with E-state index >= 15 is 0 Å². The lowest BCUT2D eigenvalue weighted by Crippen LogP contribution is -2.28. The molecule has 2 heterocycles. The Kier molecular flexibility index (Phi) is 6.49. The third kappa shape index (κ3) is 5.15. The first-order valence-electron chi connectivity index (χ1n) is 8.90. The van der Waals surface area contributed by atoms with E-state index in [9.17, 15) is 14.0 Å². The van der Waals surface area contributed by atoms with Gasteiger partial charge in [-0.15, -0.1) is 0 Å². The molecule has 0 aliphatic carbocycles. The normalized spacial score (nSPS) is 11.7. The van der Waals surface area contributed by atoms with Gasteiger partial charge in [0.15, 0.2) is 17.3 Å². The molecule has 162 valence electrons. The molecule has 0 aliphatic heterocycles. The minimum Gasteiger partial charge on any atom is -0.467 e. The molecule has 0 radical (unpaired) electrons. The van der Waals surface area contributed by atoms with Crippen LogP contribution in [0.4, 0.5) is 10.2 Å². The van der Waals surface area contributed by atoms with Crippen molar-refractivity contribution in [2.75, 3.05) is 12.8 Å². The fourth-order valence-corrected chi connectivity index (χ4v) is 3.02. The van der Waals surface area contributed by atoms with Gasteiger partial charge in [0.25, 0.3) is 17.7 Å². The number of primary amides is 1. The van der Waals surface area contributed by atoms with Gasteiger partial charge in [-0.1, -0.05) is 5.16 Å². The highest BCUT2D eigenvalue weighted by Crippen LogP contribution is 2.28. The van der Waals surface area contributed by atoms with E-state index in [-0.39, 0.29) is 40.8 Å². The van der Waals surface area contributed by atoms with E-state index in [1.807, 2.05) is 0 Å². The SMILES string of the molecule is C[C@@H](Oc1nc(Br)cnc1N)c1cc(F)ccc1C(=O)N(C)Cc1cc(C(N)=O)no1. The van der Waals surface area contributed by atoms with Crippen molar-refractivity contribution in [1.29, 1.82) is 0 Å². The maximum atomic E-state index is 14.0. The summed E-state index contributed by atoms with van der Waals surface area (Å²) >= 11 is 3.18. The van der Waals surface area contributed by atoms with Crippen LogP contribution in [-0.2, 0) is 6.54 Å². The predicted molar refractivity (Wildman–Crippen MR) is 110 cm³/mol. The summed E-state index contributed by atoms with van der Waals surface area (Å²) in [6.45, 7) is 1.64. The molecule has 3 rings (SSSR count). The highest BCUT2D eigenvalue weighted by Gasteiger charge is 2.23. The molecule has 0 fully saturated rings. The van der Waals surface area contributed by atoms with Crippen molar-refractivity contribution >= 4 is 33.6 Å². The van der Waals surface area contributed by atoms with Crippen molar-refractivity contribution < 1.29 is 23.2 Å². The first-order chi connectivity index (χ1) is 14.7. The number of amides is 2. The van der Waals surface area contributed by atoms with E-state index in [1.165, 1.54) is 42.4 Å². The Morgan fingerprint density at radius 3 is 2.77 bits per heavy atom. The smallest absolute Gasteiger partial charge is 0.270 e. The summed E-state index contributed by atoms with van der Waals surface area (Å²) < 4.78 is 25.1. The second-order valence-electron chi connectivity index (χ2n) is 6.58. The van der Waals surface area contributed by atoms with Crippen molar-refractivity contribution in [2.24, 2.45) is 5.73 Å². The minimum absolute atomic E-state index is 0.00915. The number of halogens is 2.